The molecule has 1 saturated carbocycles. The zero-order valence-corrected chi connectivity index (χ0v) is 11.9. The van der Waals surface area contributed by atoms with E-state index in [0.29, 0.717) is 29.8 Å². The van der Waals surface area contributed by atoms with Crippen LogP contribution < -0.4 is 5.73 Å². The molecule has 0 spiro atoms. The molecule has 3 nitrogen and oxygen atoms in total. The monoisotopic (exact) mass is 252 g/mol. The van der Waals surface area contributed by atoms with Crippen LogP contribution in [0.25, 0.3) is 0 Å². The highest BCUT2D eigenvalue weighted by molar-refractivity contribution is 5.76. The Bertz CT molecular complexity index is 292. The van der Waals surface area contributed by atoms with Gasteiger partial charge in [-0.05, 0) is 44.4 Å². The number of nitrogens with two attached hydrogens (primary N) is 1. The summed E-state index contributed by atoms with van der Waals surface area (Å²) < 4.78 is 0. The minimum Gasteiger partial charge on any atom is -0.340 e. The molecular formula is C15H28N2O. The lowest BCUT2D eigenvalue weighted by atomic mass is 9.83. The lowest BCUT2D eigenvalue weighted by Crippen LogP contribution is -2.34. The molecule has 2 rings (SSSR count). The van der Waals surface area contributed by atoms with Crippen molar-refractivity contribution in [3.05, 3.63) is 0 Å². The maximum absolute atomic E-state index is 12.2. The molecule has 0 aromatic rings. The van der Waals surface area contributed by atoms with Crippen LogP contribution in [-0.4, -0.2) is 29.4 Å². The van der Waals surface area contributed by atoms with Gasteiger partial charge in [-0.25, -0.2) is 0 Å². The molecule has 2 aliphatic rings. The lowest BCUT2D eigenvalue weighted by Gasteiger charge is -2.27. The number of nitrogens with zero attached hydrogens (tertiary/aromatic N) is 1. The highest BCUT2D eigenvalue weighted by atomic mass is 16.2. The number of hydrogen-bond acceptors (Lipinski definition) is 2. The molecule has 1 amide bonds. The summed E-state index contributed by atoms with van der Waals surface area (Å²) in [5.41, 5.74) is 6.00. The Kier molecular flexibility index (Phi) is 4.66. The Balaban J connectivity index is 1.74. The number of carbonyl (C=O) groups excluding carboxylic acids is 1. The smallest absolute Gasteiger partial charge is 0.222 e. The summed E-state index contributed by atoms with van der Waals surface area (Å²) in [5.74, 6) is 1.73. The maximum atomic E-state index is 12.2. The molecule has 0 aromatic heterocycles. The predicted octanol–water partition coefficient (Wildman–Crippen LogP) is 2.54. The molecule has 4 atom stereocenters. The fourth-order valence-electron chi connectivity index (χ4n) is 3.71. The average Bonchev–Trinajstić information content (AvgIpc) is 2.66. The predicted molar refractivity (Wildman–Crippen MR) is 74.1 cm³/mol. The van der Waals surface area contributed by atoms with Crippen molar-refractivity contribution in [3.8, 4) is 0 Å². The van der Waals surface area contributed by atoms with E-state index in [1.54, 1.807) is 0 Å². The summed E-state index contributed by atoms with van der Waals surface area (Å²) in [6, 6.07) is 0.825. The molecule has 0 bridgehead atoms. The normalized spacial score (nSPS) is 36.9. The highest BCUT2D eigenvalue weighted by Gasteiger charge is 2.30. The van der Waals surface area contributed by atoms with Gasteiger partial charge in [0, 0.05) is 25.0 Å². The van der Waals surface area contributed by atoms with E-state index in [1.807, 2.05) is 0 Å². The minimum atomic E-state index is 0.367. The van der Waals surface area contributed by atoms with Crippen LogP contribution in [0.3, 0.4) is 0 Å². The van der Waals surface area contributed by atoms with Crippen LogP contribution in [0, 0.1) is 11.8 Å². The number of hydrogen-bond donors (Lipinski definition) is 1. The second kappa shape index (κ2) is 6.05. The van der Waals surface area contributed by atoms with Gasteiger partial charge in [-0.1, -0.05) is 19.8 Å². The Morgan fingerprint density at radius 3 is 2.67 bits per heavy atom. The molecule has 1 aliphatic heterocycles. The van der Waals surface area contributed by atoms with E-state index in [4.69, 9.17) is 5.73 Å². The molecule has 3 heteroatoms. The van der Waals surface area contributed by atoms with Crippen molar-refractivity contribution in [2.75, 3.05) is 6.54 Å². The summed E-state index contributed by atoms with van der Waals surface area (Å²) in [6.45, 7) is 5.38. The molecule has 2 N–H and O–H groups in total. The van der Waals surface area contributed by atoms with Gasteiger partial charge >= 0.3 is 0 Å². The summed E-state index contributed by atoms with van der Waals surface area (Å²) in [6.07, 6.45) is 7.76. The maximum Gasteiger partial charge on any atom is 0.222 e. The van der Waals surface area contributed by atoms with Crippen molar-refractivity contribution >= 4 is 5.91 Å². The number of amides is 1. The second-order valence-corrected chi connectivity index (χ2v) is 6.57. The molecule has 18 heavy (non-hydrogen) atoms. The molecule has 2 fully saturated rings. The van der Waals surface area contributed by atoms with Gasteiger partial charge in [-0.3, -0.25) is 4.79 Å². The summed E-state index contributed by atoms with van der Waals surface area (Å²) >= 11 is 0. The van der Waals surface area contributed by atoms with Gasteiger partial charge in [-0.15, -0.1) is 0 Å². The van der Waals surface area contributed by atoms with Crippen LogP contribution in [0.2, 0.25) is 0 Å². The van der Waals surface area contributed by atoms with Gasteiger partial charge < -0.3 is 10.6 Å². The first kappa shape index (κ1) is 13.9. The third-order valence-corrected chi connectivity index (χ3v) is 4.69. The Labute approximate surface area is 111 Å². The van der Waals surface area contributed by atoms with Crippen LogP contribution >= 0.6 is 0 Å². The van der Waals surface area contributed by atoms with E-state index in [1.165, 1.54) is 25.7 Å². The van der Waals surface area contributed by atoms with Crippen molar-refractivity contribution in [3.63, 3.8) is 0 Å². The first-order chi connectivity index (χ1) is 8.56. The van der Waals surface area contributed by atoms with Crippen LogP contribution in [0.5, 0.6) is 0 Å². The fraction of sp³-hybridized carbons (Fsp3) is 0.933. The van der Waals surface area contributed by atoms with Crippen LogP contribution in [0.15, 0.2) is 0 Å². The fourth-order valence-corrected chi connectivity index (χ4v) is 3.71. The zero-order valence-electron chi connectivity index (χ0n) is 11.9. The van der Waals surface area contributed by atoms with Crippen molar-refractivity contribution in [1.82, 2.24) is 4.90 Å². The summed E-state index contributed by atoms with van der Waals surface area (Å²) in [7, 11) is 0. The molecule has 4 unspecified atom stereocenters. The van der Waals surface area contributed by atoms with Crippen molar-refractivity contribution in [1.29, 1.82) is 0 Å². The van der Waals surface area contributed by atoms with E-state index in [-0.39, 0.29) is 0 Å². The molecule has 104 valence electrons. The van der Waals surface area contributed by atoms with Crippen molar-refractivity contribution < 1.29 is 4.79 Å². The standard InChI is InChI=1S/C15H28N2O/c1-11-8-12(2)17(10-11)15(18)7-6-13-4-3-5-14(16)9-13/h11-14H,3-10,16H2,1-2H3. The summed E-state index contributed by atoms with van der Waals surface area (Å²) in [4.78, 5) is 14.3. The lowest BCUT2D eigenvalue weighted by molar-refractivity contribution is -0.132. The third kappa shape index (κ3) is 3.47. The third-order valence-electron chi connectivity index (χ3n) is 4.69. The molecule has 0 radical (unpaired) electrons. The highest BCUT2D eigenvalue weighted by Crippen LogP contribution is 2.28. The largest absolute Gasteiger partial charge is 0.340 e. The summed E-state index contributed by atoms with van der Waals surface area (Å²) in [5, 5.41) is 0. The topological polar surface area (TPSA) is 46.3 Å². The van der Waals surface area contributed by atoms with Crippen molar-refractivity contribution in [2.45, 2.75) is 70.9 Å². The van der Waals surface area contributed by atoms with Gasteiger partial charge in [0.2, 0.25) is 5.91 Å². The molecule has 1 heterocycles. The van der Waals surface area contributed by atoms with Crippen molar-refractivity contribution in [2.24, 2.45) is 17.6 Å². The Morgan fingerprint density at radius 2 is 2.06 bits per heavy atom. The molecule has 1 saturated heterocycles. The minimum absolute atomic E-state index is 0.367. The molecular weight excluding hydrogens is 224 g/mol. The number of rotatable bonds is 3. The van der Waals surface area contributed by atoms with Crippen LogP contribution in [0.1, 0.15) is 58.8 Å². The number of carbonyl (C=O) groups is 1. The first-order valence-electron chi connectivity index (χ1n) is 7.61. The average molecular weight is 252 g/mol. The van der Waals surface area contributed by atoms with E-state index in [9.17, 15) is 4.79 Å². The van der Waals surface area contributed by atoms with Gasteiger partial charge in [-0.2, -0.15) is 0 Å². The quantitative estimate of drug-likeness (QED) is 0.839. The van der Waals surface area contributed by atoms with Crippen LogP contribution in [-0.2, 0) is 4.79 Å². The van der Waals surface area contributed by atoms with E-state index < -0.39 is 0 Å². The Morgan fingerprint density at radius 1 is 1.28 bits per heavy atom. The van der Waals surface area contributed by atoms with E-state index in [0.717, 1.165) is 25.8 Å². The number of likely N-dealkylation sites (tertiary alicyclic amines) is 1. The van der Waals surface area contributed by atoms with Gasteiger partial charge in [0.05, 0.1) is 0 Å². The van der Waals surface area contributed by atoms with E-state index in [2.05, 4.69) is 18.7 Å². The molecule has 0 aromatic carbocycles. The van der Waals surface area contributed by atoms with Gasteiger partial charge in [0.25, 0.3) is 0 Å². The SMILES string of the molecule is CC1CC(C)N(C(=O)CCC2CCCC(N)C2)C1. The second-order valence-electron chi connectivity index (χ2n) is 6.57. The Hall–Kier alpha value is -0.570. The van der Waals surface area contributed by atoms with Gasteiger partial charge in [0.1, 0.15) is 0 Å². The van der Waals surface area contributed by atoms with Gasteiger partial charge in [0.15, 0.2) is 0 Å². The van der Waals surface area contributed by atoms with E-state index >= 15 is 0 Å². The van der Waals surface area contributed by atoms with Crippen LogP contribution in [0.4, 0.5) is 0 Å². The first-order valence-corrected chi connectivity index (χ1v) is 7.61. The zero-order chi connectivity index (χ0) is 13.1. The molecule has 1 aliphatic carbocycles.